The highest BCUT2D eigenvalue weighted by Crippen LogP contribution is 2.18. The van der Waals surface area contributed by atoms with Crippen LogP contribution in [-0.2, 0) is 14.8 Å². The molecule has 2 fully saturated rings. The Morgan fingerprint density at radius 3 is 2.67 bits per heavy atom. The van der Waals surface area contributed by atoms with Gasteiger partial charge in [-0.3, -0.25) is 4.79 Å². The highest BCUT2D eigenvalue weighted by Gasteiger charge is 2.26. The van der Waals surface area contributed by atoms with Crippen molar-refractivity contribution in [3.05, 3.63) is 0 Å². The predicted molar refractivity (Wildman–Crippen MR) is 82.4 cm³/mol. The van der Waals surface area contributed by atoms with Crippen LogP contribution in [0.3, 0.4) is 0 Å². The molecule has 2 aliphatic rings. The van der Waals surface area contributed by atoms with Crippen LogP contribution in [0.2, 0.25) is 0 Å². The summed E-state index contributed by atoms with van der Waals surface area (Å²) in [4.78, 5) is 12.0. The zero-order valence-electron chi connectivity index (χ0n) is 12.8. The minimum Gasteiger partial charge on any atom is -0.352 e. The molecule has 0 aromatic rings. The Bertz CT molecular complexity index is 446. The van der Waals surface area contributed by atoms with Crippen LogP contribution in [0.4, 0.5) is 0 Å². The van der Waals surface area contributed by atoms with Crippen molar-refractivity contribution in [3.8, 4) is 0 Å². The van der Waals surface area contributed by atoms with E-state index in [-0.39, 0.29) is 11.9 Å². The molecular weight excluding hydrogens is 290 g/mol. The van der Waals surface area contributed by atoms with Gasteiger partial charge < -0.3 is 10.6 Å². The number of rotatable bonds is 5. The van der Waals surface area contributed by atoms with Gasteiger partial charge in [-0.05, 0) is 51.1 Å². The van der Waals surface area contributed by atoms with Gasteiger partial charge in [0, 0.05) is 25.6 Å². The Labute approximate surface area is 127 Å². The smallest absolute Gasteiger partial charge is 0.220 e. The molecule has 2 N–H and O–H groups in total. The molecular formula is C14H27N3O3S. The number of hydrogen-bond acceptors (Lipinski definition) is 4. The second kappa shape index (κ2) is 7.56. The monoisotopic (exact) mass is 317 g/mol. The van der Waals surface area contributed by atoms with Crippen molar-refractivity contribution in [2.45, 2.75) is 44.6 Å². The Kier molecular flexibility index (Phi) is 6.01. The SMILES string of the molecule is CS(=O)(=O)N1CCCC(NC(=O)CCC2CCNCC2)C1. The van der Waals surface area contributed by atoms with Crippen molar-refractivity contribution in [1.82, 2.24) is 14.9 Å². The molecule has 6 nitrogen and oxygen atoms in total. The van der Waals surface area contributed by atoms with Crippen LogP contribution in [0.25, 0.3) is 0 Å². The van der Waals surface area contributed by atoms with Crippen LogP contribution in [0, 0.1) is 5.92 Å². The Hall–Kier alpha value is -0.660. The summed E-state index contributed by atoms with van der Waals surface area (Å²) in [5.74, 6) is 0.713. The molecule has 122 valence electrons. The van der Waals surface area contributed by atoms with Crippen molar-refractivity contribution in [1.29, 1.82) is 0 Å². The van der Waals surface area contributed by atoms with E-state index in [1.165, 1.54) is 10.6 Å². The quantitative estimate of drug-likeness (QED) is 0.765. The maximum absolute atomic E-state index is 12.0. The van der Waals surface area contributed by atoms with E-state index < -0.39 is 10.0 Å². The number of hydrogen-bond donors (Lipinski definition) is 2. The molecule has 21 heavy (non-hydrogen) atoms. The highest BCUT2D eigenvalue weighted by molar-refractivity contribution is 7.88. The minimum absolute atomic E-state index is 0.0333. The highest BCUT2D eigenvalue weighted by atomic mass is 32.2. The maximum atomic E-state index is 12.0. The van der Waals surface area contributed by atoms with Gasteiger partial charge in [-0.15, -0.1) is 0 Å². The average Bonchev–Trinajstić information content (AvgIpc) is 2.46. The average molecular weight is 317 g/mol. The molecule has 0 bridgehead atoms. The van der Waals surface area contributed by atoms with Crippen molar-refractivity contribution in [3.63, 3.8) is 0 Å². The van der Waals surface area contributed by atoms with Crippen molar-refractivity contribution >= 4 is 15.9 Å². The second-order valence-corrected chi connectivity index (χ2v) is 8.24. The van der Waals surface area contributed by atoms with E-state index in [1.54, 1.807) is 0 Å². The molecule has 2 aliphatic heterocycles. The van der Waals surface area contributed by atoms with Gasteiger partial charge in [-0.25, -0.2) is 12.7 Å². The lowest BCUT2D eigenvalue weighted by atomic mass is 9.93. The lowest BCUT2D eigenvalue weighted by Gasteiger charge is -2.31. The first kappa shape index (κ1) is 16.7. The van der Waals surface area contributed by atoms with Crippen molar-refractivity contribution in [2.24, 2.45) is 5.92 Å². The third kappa shape index (κ3) is 5.56. The number of carbonyl (C=O) groups excluding carboxylic acids is 1. The van der Waals surface area contributed by atoms with Gasteiger partial charge in [0.1, 0.15) is 0 Å². The lowest BCUT2D eigenvalue weighted by molar-refractivity contribution is -0.122. The summed E-state index contributed by atoms with van der Waals surface area (Å²) < 4.78 is 24.6. The number of nitrogens with zero attached hydrogens (tertiary/aromatic N) is 1. The predicted octanol–water partition coefficient (Wildman–Crippen LogP) is 0.306. The molecule has 0 aromatic carbocycles. The van der Waals surface area contributed by atoms with Crippen LogP contribution < -0.4 is 10.6 Å². The molecule has 7 heteroatoms. The molecule has 2 rings (SSSR count). The summed E-state index contributed by atoms with van der Waals surface area (Å²) >= 11 is 0. The van der Waals surface area contributed by atoms with Gasteiger partial charge in [0.15, 0.2) is 0 Å². The fraction of sp³-hybridized carbons (Fsp3) is 0.929. The van der Waals surface area contributed by atoms with E-state index in [4.69, 9.17) is 0 Å². The van der Waals surface area contributed by atoms with E-state index in [1.807, 2.05) is 0 Å². The number of sulfonamides is 1. The van der Waals surface area contributed by atoms with E-state index >= 15 is 0 Å². The Morgan fingerprint density at radius 1 is 1.29 bits per heavy atom. The summed E-state index contributed by atoms with van der Waals surface area (Å²) in [6.45, 7) is 3.09. The molecule has 1 amide bonds. The zero-order valence-corrected chi connectivity index (χ0v) is 13.6. The Balaban J connectivity index is 1.71. The van der Waals surface area contributed by atoms with Gasteiger partial charge in [-0.1, -0.05) is 0 Å². The molecule has 0 aliphatic carbocycles. The summed E-state index contributed by atoms with van der Waals surface area (Å²) in [7, 11) is -3.15. The van der Waals surface area contributed by atoms with Crippen molar-refractivity contribution in [2.75, 3.05) is 32.4 Å². The maximum Gasteiger partial charge on any atom is 0.220 e. The second-order valence-electron chi connectivity index (χ2n) is 6.26. The number of carbonyl (C=O) groups is 1. The molecule has 1 atom stereocenters. The standard InChI is InChI=1S/C14H27N3O3S/c1-21(19,20)17-10-2-3-13(11-17)16-14(18)5-4-12-6-8-15-9-7-12/h12-13,15H,2-11H2,1H3,(H,16,18). The lowest BCUT2D eigenvalue weighted by Crippen LogP contribution is -2.49. The molecule has 0 saturated carbocycles. The number of amides is 1. The molecule has 0 aromatic heterocycles. The van der Waals surface area contributed by atoms with Crippen LogP contribution in [-0.4, -0.2) is 57.1 Å². The van der Waals surface area contributed by atoms with Gasteiger partial charge >= 0.3 is 0 Å². The van der Waals surface area contributed by atoms with Gasteiger partial charge in [0.25, 0.3) is 0 Å². The molecule has 2 heterocycles. The molecule has 0 radical (unpaired) electrons. The fourth-order valence-electron chi connectivity index (χ4n) is 3.17. The van der Waals surface area contributed by atoms with Gasteiger partial charge in [-0.2, -0.15) is 0 Å². The summed E-state index contributed by atoms with van der Waals surface area (Å²) in [5.41, 5.74) is 0. The summed E-state index contributed by atoms with van der Waals surface area (Å²) in [5, 5.41) is 6.32. The van der Waals surface area contributed by atoms with E-state index in [0.717, 1.165) is 45.2 Å². The third-order valence-corrected chi connectivity index (χ3v) is 5.73. The van der Waals surface area contributed by atoms with Crippen molar-refractivity contribution < 1.29 is 13.2 Å². The van der Waals surface area contributed by atoms with E-state index in [0.29, 0.717) is 25.4 Å². The van der Waals surface area contributed by atoms with Crippen LogP contribution in [0.5, 0.6) is 0 Å². The third-order valence-electron chi connectivity index (χ3n) is 4.46. The Morgan fingerprint density at radius 2 is 2.00 bits per heavy atom. The van der Waals surface area contributed by atoms with Crippen LogP contribution in [0.15, 0.2) is 0 Å². The fourth-order valence-corrected chi connectivity index (χ4v) is 4.08. The first-order chi connectivity index (χ1) is 9.95. The number of piperidine rings is 2. The normalized spacial score (nSPS) is 25.7. The molecule has 2 saturated heterocycles. The topological polar surface area (TPSA) is 78.5 Å². The van der Waals surface area contributed by atoms with E-state index in [9.17, 15) is 13.2 Å². The van der Waals surface area contributed by atoms with E-state index in [2.05, 4.69) is 10.6 Å². The summed E-state index contributed by atoms with van der Waals surface area (Å²) in [6.07, 6.45) is 6.71. The van der Waals surface area contributed by atoms with Crippen LogP contribution >= 0.6 is 0 Å². The van der Waals surface area contributed by atoms with Crippen LogP contribution in [0.1, 0.15) is 38.5 Å². The minimum atomic E-state index is -3.15. The first-order valence-electron chi connectivity index (χ1n) is 7.90. The molecule has 0 spiro atoms. The number of nitrogens with one attached hydrogen (secondary N) is 2. The molecule has 1 unspecified atom stereocenters. The summed E-state index contributed by atoms with van der Waals surface area (Å²) in [6, 6.07) is -0.0333. The first-order valence-corrected chi connectivity index (χ1v) is 9.75. The zero-order chi connectivity index (χ0) is 15.3. The van der Waals surface area contributed by atoms with Gasteiger partial charge in [0.2, 0.25) is 15.9 Å². The largest absolute Gasteiger partial charge is 0.352 e. The van der Waals surface area contributed by atoms with Gasteiger partial charge in [0.05, 0.1) is 6.26 Å².